The highest BCUT2D eigenvalue weighted by molar-refractivity contribution is 8.82. The van der Waals surface area contributed by atoms with Crippen molar-refractivity contribution < 1.29 is 19.8 Å². The highest BCUT2D eigenvalue weighted by Gasteiger charge is 2.33. The molecular formula is C12H20N2O4S2. The lowest BCUT2D eigenvalue weighted by Crippen LogP contribution is -2.37. The summed E-state index contributed by atoms with van der Waals surface area (Å²) in [5.74, 6) is 0.200. The molecule has 0 radical (unpaired) electrons. The number of nitrogens with zero attached hydrogens (tertiary/aromatic N) is 2. The van der Waals surface area contributed by atoms with Crippen LogP contribution in [0.25, 0.3) is 0 Å². The Kier molecular flexibility index (Phi) is 6.63. The maximum Gasteiger partial charge on any atom is 0.326 e. The summed E-state index contributed by atoms with van der Waals surface area (Å²) in [6.45, 7) is 0.912. The third-order valence-corrected chi connectivity index (χ3v) is 5.55. The number of carbonyl (C=O) groups excluding carboxylic acids is 1. The van der Waals surface area contributed by atoms with Gasteiger partial charge in [0.1, 0.15) is 12.5 Å². The van der Waals surface area contributed by atoms with Gasteiger partial charge in [0.2, 0.25) is 0 Å². The number of hydrogen-bond acceptors (Lipinski definition) is 8. The number of aliphatic imine (C=N–C) groups is 1. The molecule has 0 aromatic heterocycles. The lowest BCUT2D eigenvalue weighted by molar-refractivity contribution is -0.261. The molecule has 2 atom stereocenters. The molecule has 1 fully saturated rings. The van der Waals surface area contributed by atoms with Crippen molar-refractivity contribution >= 4 is 32.6 Å². The largest absolute Gasteiger partial charge is 0.375 e. The van der Waals surface area contributed by atoms with Crippen molar-refractivity contribution in [3.05, 3.63) is 0 Å². The van der Waals surface area contributed by atoms with Gasteiger partial charge in [-0.3, -0.25) is 9.79 Å². The lowest BCUT2D eigenvalue weighted by atomic mass is 10.2. The van der Waals surface area contributed by atoms with Crippen LogP contribution in [-0.2, 0) is 9.63 Å². The van der Waals surface area contributed by atoms with Crippen molar-refractivity contribution in [2.75, 3.05) is 12.3 Å². The molecule has 2 aliphatic rings. The van der Waals surface area contributed by atoms with E-state index < -0.39 is 18.4 Å². The van der Waals surface area contributed by atoms with Gasteiger partial charge in [0.05, 0.1) is 11.5 Å². The Morgan fingerprint density at radius 3 is 2.75 bits per heavy atom. The van der Waals surface area contributed by atoms with Crippen molar-refractivity contribution in [1.29, 1.82) is 0 Å². The second-order valence-electron chi connectivity index (χ2n) is 4.75. The van der Waals surface area contributed by atoms with Crippen LogP contribution in [0, 0.1) is 0 Å². The fourth-order valence-electron chi connectivity index (χ4n) is 2.01. The standard InChI is InChI=1S/C12H20N2O4S2/c15-10-4-5-11(16)14(10)18-12(17)6-8-19-20-9-3-1-2-7-13-9/h10-11,15-16H,1-8H2. The predicted octanol–water partition coefficient (Wildman–Crippen LogP) is 1.53. The molecule has 0 amide bonds. The predicted molar refractivity (Wildman–Crippen MR) is 80.0 cm³/mol. The van der Waals surface area contributed by atoms with Gasteiger partial charge in [-0.2, -0.15) is 0 Å². The maximum absolute atomic E-state index is 11.6. The minimum Gasteiger partial charge on any atom is -0.375 e. The molecular weight excluding hydrogens is 300 g/mol. The molecule has 2 aliphatic heterocycles. The van der Waals surface area contributed by atoms with Crippen LogP contribution >= 0.6 is 21.6 Å². The zero-order valence-corrected chi connectivity index (χ0v) is 12.9. The highest BCUT2D eigenvalue weighted by Crippen LogP contribution is 2.28. The van der Waals surface area contributed by atoms with Crippen LogP contribution in [0.4, 0.5) is 0 Å². The van der Waals surface area contributed by atoms with E-state index in [1.807, 2.05) is 0 Å². The summed E-state index contributed by atoms with van der Waals surface area (Å²) in [4.78, 5) is 21.0. The SMILES string of the molecule is O=C(CCSSC1=NCCCC1)ON1C(O)CCC1O. The molecule has 2 rings (SSSR count). The average Bonchev–Trinajstić information content (AvgIpc) is 2.77. The molecule has 0 aromatic rings. The van der Waals surface area contributed by atoms with E-state index in [1.54, 1.807) is 21.6 Å². The number of rotatable bonds is 5. The van der Waals surface area contributed by atoms with Gasteiger partial charge in [-0.1, -0.05) is 15.9 Å². The van der Waals surface area contributed by atoms with Crippen molar-refractivity contribution in [2.45, 2.75) is 51.0 Å². The minimum absolute atomic E-state index is 0.251. The van der Waals surface area contributed by atoms with Crippen LogP contribution < -0.4 is 0 Å². The summed E-state index contributed by atoms with van der Waals surface area (Å²) in [5.41, 5.74) is 0. The summed E-state index contributed by atoms with van der Waals surface area (Å²) in [6.07, 6.45) is 2.69. The number of hydrogen-bond donors (Lipinski definition) is 2. The molecule has 1 saturated heterocycles. The van der Waals surface area contributed by atoms with E-state index >= 15 is 0 Å². The second kappa shape index (κ2) is 8.23. The molecule has 20 heavy (non-hydrogen) atoms. The van der Waals surface area contributed by atoms with Crippen LogP contribution in [0.2, 0.25) is 0 Å². The Labute approximate surface area is 126 Å². The van der Waals surface area contributed by atoms with Gasteiger partial charge in [-0.25, -0.2) is 0 Å². The Hall–Kier alpha value is -0.280. The quantitative estimate of drug-likeness (QED) is 0.587. The van der Waals surface area contributed by atoms with E-state index in [0.717, 1.165) is 23.1 Å². The van der Waals surface area contributed by atoms with Crippen LogP contribution in [0.1, 0.15) is 38.5 Å². The second-order valence-corrected chi connectivity index (χ2v) is 7.24. The first kappa shape index (κ1) is 16.1. The Bertz CT molecular complexity index is 357. The molecule has 2 N–H and O–H groups in total. The molecule has 0 aromatic carbocycles. The van der Waals surface area contributed by atoms with E-state index in [-0.39, 0.29) is 6.42 Å². The zero-order valence-electron chi connectivity index (χ0n) is 11.2. The smallest absolute Gasteiger partial charge is 0.326 e. The normalized spacial score (nSPS) is 27.4. The van der Waals surface area contributed by atoms with Crippen molar-refractivity contribution in [3.63, 3.8) is 0 Å². The fourth-order valence-corrected chi connectivity index (χ4v) is 4.17. The summed E-state index contributed by atoms with van der Waals surface area (Å²) < 4.78 is 0. The fraction of sp³-hybridized carbons (Fsp3) is 0.833. The Morgan fingerprint density at radius 1 is 1.35 bits per heavy atom. The number of aliphatic hydroxyl groups is 2. The summed E-state index contributed by atoms with van der Waals surface area (Å²) >= 11 is 0. The van der Waals surface area contributed by atoms with Crippen LogP contribution in [0.5, 0.6) is 0 Å². The number of aliphatic hydroxyl groups excluding tert-OH is 2. The Morgan fingerprint density at radius 2 is 2.10 bits per heavy atom. The molecule has 2 heterocycles. The lowest BCUT2D eigenvalue weighted by Gasteiger charge is -2.21. The van der Waals surface area contributed by atoms with Gasteiger partial charge < -0.3 is 15.1 Å². The van der Waals surface area contributed by atoms with Gasteiger partial charge in [0, 0.05) is 12.3 Å². The van der Waals surface area contributed by atoms with Crippen LogP contribution in [-0.4, -0.2) is 51.0 Å². The van der Waals surface area contributed by atoms with Gasteiger partial charge >= 0.3 is 5.97 Å². The van der Waals surface area contributed by atoms with Crippen molar-refractivity contribution in [2.24, 2.45) is 4.99 Å². The van der Waals surface area contributed by atoms with Gasteiger partial charge in [0.15, 0.2) is 0 Å². The molecule has 0 aliphatic carbocycles. The first-order valence-electron chi connectivity index (χ1n) is 6.85. The molecule has 6 nitrogen and oxygen atoms in total. The van der Waals surface area contributed by atoms with Gasteiger partial charge in [-0.15, -0.1) is 0 Å². The third kappa shape index (κ3) is 4.92. The van der Waals surface area contributed by atoms with E-state index in [4.69, 9.17) is 4.84 Å². The number of carbonyl (C=O) groups is 1. The number of hydroxylamine groups is 2. The molecule has 114 valence electrons. The Balaban J connectivity index is 1.59. The first-order chi connectivity index (χ1) is 9.66. The van der Waals surface area contributed by atoms with Crippen LogP contribution in [0.3, 0.4) is 0 Å². The van der Waals surface area contributed by atoms with E-state index in [9.17, 15) is 15.0 Å². The summed E-state index contributed by atoms with van der Waals surface area (Å²) in [6, 6.07) is 0. The minimum atomic E-state index is -0.896. The van der Waals surface area contributed by atoms with Crippen LogP contribution in [0.15, 0.2) is 4.99 Å². The van der Waals surface area contributed by atoms with E-state index in [1.165, 1.54) is 12.8 Å². The molecule has 2 unspecified atom stereocenters. The topological polar surface area (TPSA) is 82.4 Å². The first-order valence-corrected chi connectivity index (χ1v) is 9.17. The molecule has 8 heteroatoms. The van der Waals surface area contributed by atoms with E-state index in [0.29, 0.717) is 18.6 Å². The summed E-state index contributed by atoms with van der Waals surface area (Å²) in [5, 5.41) is 21.2. The monoisotopic (exact) mass is 320 g/mol. The van der Waals surface area contributed by atoms with Gasteiger partial charge in [-0.05, 0) is 42.9 Å². The molecule has 0 bridgehead atoms. The highest BCUT2D eigenvalue weighted by atomic mass is 33.1. The van der Waals surface area contributed by atoms with Crippen molar-refractivity contribution in [3.8, 4) is 0 Å². The zero-order chi connectivity index (χ0) is 14.4. The van der Waals surface area contributed by atoms with Crippen molar-refractivity contribution in [1.82, 2.24) is 5.06 Å². The van der Waals surface area contributed by atoms with E-state index in [2.05, 4.69) is 4.99 Å². The third-order valence-electron chi connectivity index (χ3n) is 3.11. The average molecular weight is 320 g/mol. The maximum atomic E-state index is 11.6. The molecule has 0 saturated carbocycles. The van der Waals surface area contributed by atoms with Gasteiger partial charge in [0.25, 0.3) is 0 Å². The molecule has 0 spiro atoms. The summed E-state index contributed by atoms with van der Waals surface area (Å²) in [7, 11) is 3.22.